The summed E-state index contributed by atoms with van der Waals surface area (Å²) in [5, 5.41) is 9.50. The van der Waals surface area contributed by atoms with Crippen LogP contribution in [-0.2, 0) is 16.6 Å². The van der Waals surface area contributed by atoms with E-state index in [0.29, 0.717) is 16.8 Å². The van der Waals surface area contributed by atoms with Crippen LogP contribution in [0.25, 0.3) is 0 Å². The van der Waals surface area contributed by atoms with Crippen molar-refractivity contribution >= 4 is 27.3 Å². The Morgan fingerprint density at radius 3 is 2.55 bits per heavy atom. The molecule has 0 saturated heterocycles. The van der Waals surface area contributed by atoms with Crippen molar-refractivity contribution in [2.24, 2.45) is 0 Å². The van der Waals surface area contributed by atoms with Gasteiger partial charge in [-0.05, 0) is 42.3 Å². The Bertz CT molecular complexity index is 718. The van der Waals surface area contributed by atoms with Gasteiger partial charge in [-0.1, -0.05) is 11.6 Å². The van der Waals surface area contributed by atoms with Crippen molar-refractivity contribution < 1.29 is 13.5 Å². The molecule has 2 N–H and O–H groups in total. The van der Waals surface area contributed by atoms with E-state index in [1.54, 1.807) is 25.1 Å². The smallest absolute Gasteiger partial charge is 0.262 e. The summed E-state index contributed by atoms with van der Waals surface area (Å²) in [5.41, 5.74) is 1.36. The van der Waals surface area contributed by atoms with Crippen molar-refractivity contribution in [2.45, 2.75) is 18.4 Å². The molecular weight excluding hydrogens is 300 g/mol. The molecule has 0 spiro atoms. The Morgan fingerprint density at radius 1 is 1.30 bits per heavy atom. The first-order valence-electron chi connectivity index (χ1n) is 5.77. The molecule has 0 aliphatic heterocycles. The number of aliphatic hydroxyl groups excluding tert-OH is 1. The summed E-state index contributed by atoms with van der Waals surface area (Å²) >= 11 is 5.90. The van der Waals surface area contributed by atoms with Crippen LogP contribution in [0.3, 0.4) is 0 Å². The van der Waals surface area contributed by atoms with Gasteiger partial charge in [-0.25, -0.2) is 8.42 Å². The highest BCUT2D eigenvalue weighted by Crippen LogP contribution is 2.26. The highest BCUT2D eigenvalue weighted by molar-refractivity contribution is 7.92. The first-order chi connectivity index (χ1) is 9.44. The molecule has 0 atom stereocenters. The van der Waals surface area contributed by atoms with Gasteiger partial charge in [0, 0.05) is 17.4 Å². The van der Waals surface area contributed by atoms with Crippen LogP contribution < -0.4 is 4.72 Å². The van der Waals surface area contributed by atoms with Gasteiger partial charge in [0.05, 0.1) is 17.2 Å². The number of nitrogens with one attached hydrogen (secondary N) is 1. The van der Waals surface area contributed by atoms with Crippen LogP contribution in [0.5, 0.6) is 0 Å². The summed E-state index contributed by atoms with van der Waals surface area (Å²) in [7, 11) is -3.77. The van der Waals surface area contributed by atoms with E-state index in [1.165, 1.54) is 18.5 Å². The lowest BCUT2D eigenvalue weighted by molar-refractivity contribution is 0.280. The van der Waals surface area contributed by atoms with E-state index in [4.69, 9.17) is 11.6 Å². The molecule has 0 aliphatic rings. The van der Waals surface area contributed by atoms with Gasteiger partial charge in [-0.15, -0.1) is 0 Å². The quantitative estimate of drug-likeness (QED) is 0.908. The molecule has 1 aromatic heterocycles. The maximum atomic E-state index is 12.4. The zero-order valence-electron chi connectivity index (χ0n) is 10.7. The Labute approximate surface area is 122 Å². The Morgan fingerprint density at radius 2 is 1.95 bits per heavy atom. The minimum Gasteiger partial charge on any atom is -0.392 e. The predicted molar refractivity (Wildman–Crippen MR) is 77.2 cm³/mol. The standard InChI is InChI=1S/C13H13ClN2O3S/c1-9-10(8-17)6-11(14)7-13(9)20(18,19)16-12-2-4-15-5-3-12/h2-7,17H,8H2,1H3,(H,15,16). The molecule has 1 heterocycles. The third-order valence-electron chi connectivity index (χ3n) is 2.82. The van der Waals surface area contributed by atoms with Crippen LogP contribution in [0.15, 0.2) is 41.6 Å². The average molecular weight is 313 g/mol. The normalized spacial score (nSPS) is 11.3. The van der Waals surface area contributed by atoms with Crippen molar-refractivity contribution in [1.29, 1.82) is 0 Å². The van der Waals surface area contributed by atoms with Gasteiger partial charge in [-0.3, -0.25) is 9.71 Å². The van der Waals surface area contributed by atoms with Crippen molar-refractivity contribution in [1.82, 2.24) is 4.98 Å². The van der Waals surface area contributed by atoms with Crippen molar-refractivity contribution in [3.63, 3.8) is 0 Å². The Kier molecular flexibility index (Phi) is 4.27. The molecule has 0 unspecified atom stereocenters. The highest BCUT2D eigenvalue weighted by atomic mass is 35.5. The largest absolute Gasteiger partial charge is 0.392 e. The molecule has 2 aromatic rings. The highest BCUT2D eigenvalue weighted by Gasteiger charge is 2.19. The number of nitrogens with zero attached hydrogens (tertiary/aromatic N) is 1. The van der Waals surface area contributed by atoms with Gasteiger partial charge < -0.3 is 5.11 Å². The molecule has 0 fully saturated rings. The van der Waals surface area contributed by atoms with Gasteiger partial charge in [0.1, 0.15) is 0 Å². The SMILES string of the molecule is Cc1c(CO)cc(Cl)cc1S(=O)(=O)Nc1ccncc1. The van der Waals surface area contributed by atoms with Crippen LogP contribution in [0, 0.1) is 6.92 Å². The lowest BCUT2D eigenvalue weighted by Gasteiger charge is -2.13. The van der Waals surface area contributed by atoms with E-state index in [2.05, 4.69) is 9.71 Å². The van der Waals surface area contributed by atoms with Gasteiger partial charge in [0.15, 0.2) is 0 Å². The monoisotopic (exact) mass is 312 g/mol. The average Bonchev–Trinajstić information content (AvgIpc) is 2.41. The zero-order valence-corrected chi connectivity index (χ0v) is 12.2. The number of aromatic nitrogens is 1. The van der Waals surface area contributed by atoms with Gasteiger partial charge in [-0.2, -0.15) is 0 Å². The number of pyridine rings is 1. The van der Waals surface area contributed by atoms with Crippen LogP contribution in [0.2, 0.25) is 5.02 Å². The lowest BCUT2D eigenvalue weighted by Crippen LogP contribution is -2.15. The zero-order chi connectivity index (χ0) is 14.8. The molecule has 5 nitrogen and oxygen atoms in total. The number of halogens is 1. The third kappa shape index (κ3) is 3.09. The number of hydrogen-bond acceptors (Lipinski definition) is 4. The fourth-order valence-electron chi connectivity index (χ4n) is 1.78. The molecule has 0 amide bonds. The summed E-state index contributed by atoms with van der Waals surface area (Å²) in [6.45, 7) is 1.35. The molecule has 1 aromatic carbocycles. The van der Waals surface area contributed by atoms with Gasteiger partial charge >= 0.3 is 0 Å². The van der Waals surface area contributed by atoms with Crippen LogP contribution in [0.4, 0.5) is 5.69 Å². The van der Waals surface area contributed by atoms with E-state index in [0.717, 1.165) is 0 Å². The van der Waals surface area contributed by atoms with E-state index >= 15 is 0 Å². The third-order valence-corrected chi connectivity index (χ3v) is 4.55. The topological polar surface area (TPSA) is 79.3 Å². The van der Waals surface area contributed by atoms with E-state index in [9.17, 15) is 13.5 Å². The first kappa shape index (κ1) is 14.8. The molecule has 0 radical (unpaired) electrons. The second-order valence-corrected chi connectivity index (χ2v) is 6.27. The molecule has 0 aliphatic carbocycles. The molecule has 7 heteroatoms. The summed E-state index contributed by atoms with van der Waals surface area (Å²) in [4.78, 5) is 3.87. The molecule has 2 rings (SSSR count). The van der Waals surface area contributed by atoms with Crippen LogP contribution in [-0.4, -0.2) is 18.5 Å². The van der Waals surface area contributed by atoms with Gasteiger partial charge in [0.2, 0.25) is 0 Å². The lowest BCUT2D eigenvalue weighted by atomic mass is 10.1. The summed E-state index contributed by atoms with van der Waals surface area (Å²) < 4.78 is 27.2. The molecule has 0 bridgehead atoms. The van der Waals surface area contributed by atoms with E-state index in [-0.39, 0.29) is 16.5 Å². The summed E-state index contributed by atoms with van der Waals surface area (Å²) in [5.74, 6) is 0. The van der Waals surface area contributed by atoms with E-state index < -0.39 is 10.0 Å². The Hall–Kier alpha value is -1.63. The predicted octanol–water partition coefficient (Wildman–Crippen LogP) is 2.34. The van der Waals surface area contributed by atoms with Crippen molar-refractivity contribution in [2.75, 3.05) is 4.72 Å². The summed E-state index contributed by atoms with van der Waals surface area (Å²) in [6.07, 6.45) is 2.98. The van der Waals surface area contributed by atoms with Crippen LogP contribution in [0.1, 0.15) is 11.1 Å². The number of hydrogen-bond donors (Lipinski definition) is 2. The summed E-state index contributed by atoms with van der Waals surface area (Å²) in [6, 6.07) is 6.00. The number of sulfonamides is 1. The Balaban J connectivity index is 2.47. The number of anilines is 1. The maximum Gasteiger partial charge on any atom is 0.262 e. The molecule has 0 saturated carbocycles. The van der Waals surface area contributed by atoms with Crippen molar-refractivity contribution in [3.05, 3.63) is 52.8 Å². The minimum absolute atomic E-state index is 0.0471. The fraction of sp³-hybridized carbons (Fsp3) is 0.154. The second-order valence-electron chi connectivity index (χ2n) is 4.19. The van der Waals surface area contributed by atoms with Crippen molar-refractivity contribution in [3.8, 4) is 0 Å². The molecule has 20 heavy (non-hydrogen) atoms. The second kappa shape index (κ2) is 5.78. The minimum atomic E-state index is -3.77. The number of rotatable bonds is 4. The van der Waals surface area contributed by atoms with Crippen LogP contribution >= 0.6 is 11.6 Å². The van der Waals surface area contributed by atoms with Gasteiger partial charge in [0.25, 0.3) is 10.0 Å². The fourth-order valence-corrected chi connectivity index (χ4v) is 3.46. The first-order valence-corrected chi connectivity index (χ1v) is 7.63. The molecule has 106 valence electrons. The number of benzene rings is 1. The molecular formula is C13H13ClN2O3S. The van der Waals surface area contributed by atoms with E-state index in [1.807, 2.05) is 0 Å². The maximum absolute atomic E-state index is 12.4. The number of aliphatic hydroxyl groups is 1.